The molecule has 0 aromatic heterocycles. The molecule has 0 unspecified atom stereocenters. The molecule has 0 atom stereocenters. The Bertz CT molecular complexity index is 656. The van der Waals surface area contributed by atoms with Gasteiger partial charge in [-0.3, -0.25) is 10.1 Å². The highest BCUT2D eigenvalue weighted by molar-refractivity contribution is 5.40. The third kappa shape index (κ3) is 4.20. The second-order valence-corrected chi connectivity index (χ2v) is 5.23. The van der Waals surface area contributed by atoms with Gasteiger partial charge in [0.25, 0.3) is 5.69 Å². The predicted octanol–water partition coefficient (Wildman–Crippen LogP) is 2.68. The summed E-state index contributed by atoms with van der Waals surface area (Å²) in [4.78, 5) is 12.3. The summed E-state index contributed by atoms with van der Waals surface area (Å²) in [5.41, 5.74) is 2.03. The van der Waals surface area contributed by atoms with Crippen LogP contribution < -0.4 is 0 Å². The van der Waals surface area contributed by atoms with E-state index in [9.17, 15) is 20.3 Å². The Labute approximate surface area is 128 Å². The first-order valence-electron chi connectivity index (χ1n) is 6.88. The van der Waals surface area contributed by atoms with Crippen LogP contribution in [0, 0.1) is 10.1 Å². The largest absolute Gasteiger partial charge is 0.504 e. The molecule has 6 heteroatoms. The molecule has 2 aromatic carbocycles. The lowest BCUT2D eigenvalue weighted by atomic mass is 10.1. The van der Waals surface area contributed by atoms with E-state index in [1.807, 2.05) is 7.05 Å². The topological polar surface area (TPSA) is 86.8 Å². The van der Waals surface area contributed by atoms with Crippen LogP contribution in [0.3, 0.4) is 0 Å². The highest BCUT2D eigenvalue weighted by Crippen LogP contribution is 2.25. The van der Waals surface area contributed by atoms with E-state index in [1.54, 1.807) is 24.3 Å². The number of nitro benzene ring substituents is 1. The van der Waals surface area contributed by atoms with E-state index in [-0.39, 0.29) is 17.2 Å². The number of benzene rings is 2. The summed E-state index contributed by atoms with van der Waals surface area (Å²) < 4.78 is 0. The SMILES string of the molecule is CN(CCc1ccc(O)c(O)c1)Cc1ccc([N+](=O)[O-])cc1. The third-order valence-electron chi connectivity index (χ3n) is 3.42. The molecule has 0 aliphatic heterocycles. The van der Waals surface area contributed by atoms with Crippen molar-refractivity contribution in [2.24, 2.45) is 0 Å². The quantitative estimate of drug-likeness (QED) is 0.486. The highest BCUT2D eigenvalue weighted by Gasteiger charge is 2.07. The number of phenols is 2. The number of phenolic OH excluding ortho intramolecular Hbond substituents is 2. The first-order valence-corrected chi connectivity index (χ1v) is 6.88. The Balaban J connectivity index is 1.88. The number of hydrogen-bond acceptors (Lipinski definition) is 5. The minimum absolute atomic E-state index is 0.0889. The van der Waals surface area contributed by atoms with E-state index in [0.29, 0.717) is 6.54 Å². The normalized spacial score (nSPS) is 10.8. The third-order valence-corrected chi connectivity index (χ3v) is 3.42. The number of likely N-dealkylation sites (N-methyl/N-ethyl adjacent to an activating group) is 1. The molecule has 0 saturated carbocycles. The van der Waals surface area contributed by atoms with Gasteiger partial charge in [-0.1, -0.05) is 18.2 Å². The minimum Gasteiger partial charge on any atom is -0.504 e. The predicted molar refractivity (Wildman–Crippen MR) is 82.9 cm³/mol. The standard InChI is InChI=1S/C16H18N2O4/c1-17(9-8-12-4-7-15(19)16(20)10-12)11-13-2-5-14(6-3-13)18(21)22/h2-7,10,19-20H,8-9,11H2,1H3. The van der Waals surface area contributed by atoms with Crippen molar-refractivity contribution in [1.29, 1.82) is 0 Å². The smallest absolute Gasteiger partial charge is 0.269 e. The van der Waals surface area contributed by atoms with Crippen LogP contribution in [0.15, 0.2) is 42.5 Å². The monoisotopic (exact) mass is 302 g/mol. The molecule has 0 aliphatic carbocycles. The van der Waals surface area contributed by atoms with Crippen molar-refractivity contribution in [2.45, 2.75) is 13.0 Å². The van der Waals surface area contributed by atoms with Crippen LogP contribution >= 0.6 is 0 Å². The number of rotatable bonds is 6. The lowest BCUT2D eigenvalue weighted by molar-refractivity contribution is -0.384. The van der Waals surface area contributed by atoms with Crippen LogP contribution in [0.1, 0.15) is 11.1 Å². The van der Waals surface area contributed by atoms with Crippen LogP contribution in [0.4, 0.5) is 5.69 Å². The number of nitrogens with zero attached hydrogens (tertiary/aromatic N) is 2. The van der Waals surface area contributed by atoms with E-state index >= 15 is 0 Å². The zero-order chi connectivity index (χ0) is 16.1. The second-order valence-electron chi connectivity index (χ2n) is 5.23. The van der Waals surface area contributed by atoms with E-state index in [4.69, 9.17) is 0 Å². The summed E-state index contributed by atoms with van der Waals surface area (Å²) in [6.45, 7) is 1.45. The summed E-state index contributed by atoms with van der Waals surface area (Å²) in [6, 6.07) is 11.3. The summed E-state index contributed by atoms with van der Waals surface area (Å²) in [7, 11) is 1.96. The van der Waals surface area contributed by atoms with Gasteiger partial charge in [0.2, 0.25) is 0 Å². The Hall–Kier alpha value is -2.60. The Morgan fingerprint density at radius 1 is 1.05 bits per heavy atom. The van der Waals surface area contributed by atoms with Crippen LogP contribution in [0.5, 0.6) is 11.5 Å². The van der Waals surface area contributed by atoms with Crippen molar-refractivity contribution in [2.75, 3.05) is 13.6 Å². The maximum atomic E-state index is 10.6. The van der Waals surface area contributed by atoms with Gasteiger partial charge in [-0.2, -0.15) is 0 Å². The van der Waals surface area contributed by atoms with E-state index < -0.39 is 4.92 Å². The number of non-ortho nitro benzene ring substituents is 1. The van der Waals surface area contributed by atoms with E-state index in [0.717, 1.165) is 24.1 Å². The number of hydrogen-bond donors (Lipinski definition) is 2. The first-order chi connectivity index (χ1) is 10.5. The van der Waals surface area contributed by atoms with Crippen molar-refractivity contribution < 1.29 is 15.1 Å². The molecule has 2 aromatic rings. The summed E-state index contributed by atoms with van der Waals surface area (Å²) in [6.07, 6.45) is 0.733. The first kappa shape index (κ1) is 15.8. The van der Waals surface area contributed by atoms with Crippen molar-refractivity contribution in [1.82, 2.24) is 4.90 Å². The van der Waals surface area contributed by atoms with Gasteiger partial charge in [-0.15, -0.1) is 0 Å². The Kier molecular flexibility index (Phi) is 4.95. The lowest BCUT2D eigenvalue weighted by Gasteiger charge is -2.16. The zero-order valence-electron chi connectivity index (χ0n) is 12.3. The van der Waals surface area contributed by atoms with Crippen LogP contribution in [-0.4, -0.2) is 33.6 Å². The maximum absolute atomic E-state index is 10.6. The summed E-state index contributed by atoms with van der Waals surface area (Å²) >= 11 is 0. The van der Waals surface area contributed by atoms with Gasteiger partial charge < -0.3 is 15.1 Å². The van der Waals surface area contributed by atoms with Gasteiger partial charge >= 0.3 is 0 Å². The van der Waals surface area contributed by atoms with Crippen molar-refractivity contribution in [3.05, 3.63) is 63.7 Å². The number of nitro groups is 1. The van der Waals surface area contributed by atoms with Crippen molar-refractivity contribution >= 4 is 5.69 Å². The molecule has 6 nitrogen and oxygen atoms in total. The average molecular weight is 302 g/mol. The van der Waals surface area contributed by atoms with Gasteiger partial charge in [0.05, 0.1) is 4.92 Å². The molecule has 2 rings (SSSR count). The van der Waals surface area contributed by atoms with E-state index in [1.165, 1.54) is 18.2 Å². The molecule has 22 heavy (non-hydrogen) atoms. The summed E-state index contributed by atoms with van der Waals surface area (Å²) in [5, 5.41) is 29.3. The van der Waals surface area contributed by atoms with Gasteiger partial charge in [-0.25, -0.2) is 0 Å². The fourth-order valence-corrected chi connectivity index (χ4v) is 2.16. The molecule has 2 N–H and O–H groups in total. The fraction of sp³-hybridized carbons (Fsp3) is 0.250. The summed E-state index contributed by atoms with van der Waals surface area (Å²) in [5.74, 6) is -0.237. The molecule has 116 valence electrons. The van der Waals surface area contributed by atoms with Crippen molar-refractivity contribution in [3.63, 3.8) is 0 Å². The molecular formula is C16H18N2O4. The molecule has 0 spiro atoms. The lowest BCUT2D eigenvalue weighted by Crippen LogP contribution is -2.20. The maximum Gasteiger partial charge on any atom is 0.269 e. The van der Waals surface area contributed by atoms with Crippen LogP contribution in [-0.2, 0) is 13.0 Å². The Morgan fingerprint density at radius 2 is 1.68 bits per heavy atom. The molecule has 0 aliphatic rings. The molecule has 0 amide bonds. The van der Waals surface area contributed by atoms with E-state index in [2.05, 4.69) is 4.90 Å². The Morgan fingerprint density at radius 3 is 2.27 bits per heavy atom. The minimum atomic E-state index is -0.412. The molecule has 0 saturated heterocycles. The highest BCUT2D eigenvalue weighted by atomic mass is 16.6. The molecule has 0 heterocycles. The zero-order valence-corrected chi connectivity index (χ0v) is 12.3. The fourth-order valence-electron chi connectivity index (χ4n) is 2.16. The molecule has 0 radical (unpaired) electrons. The molecule has 0 bridgehead atoms. The molecular weight excluding hydrogens is 284 g/mol. The van der Waals surface area contributed by atoms with Gasteiger partial charge in [0.1, 0.15) is 0 Å². The molecule has 0 fully saturated rings. The average Bonchev–Trinajstić information content (AvgIpc) is 2.49. The van der Waals surface area contributed by atoms with Gasteiger partial charge in [0.15, 0.2) is 11.5 Å². The van der Waals surface area contributed by atoms with Crippen LogP contribution in [0.2, 0.25) is 0 Å². The van der Waals surface area contributed by atoms with Crippen LogP contribution in [0.25, 0.3) is 0 Å². The van der Waals surface area contributed by atoms with Gasteiger partial charge in [-0.05, 0) is 36.7 Å². The number of aromatic hydroxyl groups is 2. The van der Waals surface area contributed by atoms with Gasteiger partial charge in [0, 0.05) is 25.2 Å². The second kappa shape index (κ2) is 6.91. The van der Waals surface area contributed by atoms with Crippen molar-refractivity contribution in [3.8, 4) is 11.5 Å².